The van der Waals surface area contributed by atoms with Gasteiger partial charge in [-0.3, -0.25) is 9.78 Å². The molecule has 1 unspecified atom stereocenters. The van der Waals surface area contributed by atoms with Crippen LogP contribution in [0, 0.1) is 0 Å². The van der Waals surface area contributed by atoms with Crippen molar-refractivity contribution in [3.63, 3.8) is 0 Å². The Kier molecular flexibility index (Phi) is 4.24. The highest BCUT2D eigenvalue weighted by molar-refractivity contribution is 5.98. The predicted octanol–water partition coefficient (Wildman–Crippen LogP) is 1.65. The molecule has 6 nitrogen and oxygen atoms in total. The fourth-order valence-corrected chi connectivity index (χ4v) is 1.61. The van der Waals surface area contributed by atoms with Crippen LogP contribution in [0.1, 0.15) is 30.6 Å². The average molecular weight is 271 g/mol. The Hall–Kier alpha value is -2.50. The van der Waals surface area contributed by atoms with Gasteiger partial charge in [0.2, 0.25) is 0 Å². The molecule has 20 heavy (non-hydrogen) atoms. The van der Waals surface area contributed by atoms with Gasteiger partial charge in [-0.15, -0.1) is 0 Å². The summed E-state index contributed by atoms with van der Waals surface area (Å²) in [5.41, 5.74) is 6.95. The van der Waals surface area contributed by atoms with Crippen LogP contribution in [0.5, 0.6) is 0 Å². The second-order valence-corrected chi connectivity index (χ2v) is 4.51. The molecule has 104 valence electrons. The van der Waals surface area contributed by atoms with E-state index in [1.165, 1.54) is 6.20 Å². The number of nitrogens with two attached hydrogens (primary N) is 1. The number of hydrogen-bond donors (Lipinski definition) is 2. The van der Waals surface area contributed by atoms with Crippen molar-refractivity contribution in [2.24, 2.45) is 0 Å². The number of carbonyl (C=O) groups is 1. The lowest BCUT2D eigenvalue weighted by Gasteiger charge is -2.12. The number of amides is 1. The zero-order valence-corrected chi connectivity index (χ0v) is 11.5. The number of nitrogen functional groups attached to an aromatic ring is 1. The largest absolute Gasteiger partial charge is 0.383 e. The molecule has 0 bridgehead atoms. The molecule has 1 amide bonds. The molecule has 0 aromatic carbocycles. The smallest absolute Gasteiger partial charge is 0.256 e. The minimum absolute atomic E-state index is 0.0850. The van der Waals surface area contributed by atoms with Crippen LogP contribution in [-0.2, 0) is 0 Å². The van der Waals surface area contributed by atoms with E-state index in [-0.39, 0.29) is 17.8 Å². The lowest BCUT2D eigenvalue weighted by atomic mass is 10.2. The Morgan fingerprint density at radius 2 is 2.10 bits per heavy atom. The molecule has 0 aliphatic rings. The maximum absolute atomic E-state index is 12.0. The van der Waals surface area contributed by atoms with Crippen molar-refractivity contribution in [3.05, 3.63) is 36.3 Å². The van der Waals surface area contributed by atoms with Crippen LogP contribution in [-0.4, -0.2) is 26.9 Å². The topological polar surface area (TPSA) is 93.8 Å². The molecule has 2 aromatic heterocycles. The fourth-order valence-electron chi connectivity index (χ4n) is 1.61. The van der Waals surface area contributed by atoms with Gasteiger partial charge in [-0.1, -0.05) is 6.92 Å². The Balaban J connectivity index is 2.24. The number of rotatable bonds is 4. The molecular formula is C14H17N5O. The summed E-state index contributed by atoms with van der Waals surface area (Å²) in [5, 5.41) is 2.84. The molecule has 0 saturated carbocycles. The van der Waals surface area contributed by atoms with Crippen LogP contribution in [0.25, 0.3) is 11.4 Å². The molecular weight excluding hydrogens is 254 g/mol. The first kappa shape index (κ1) is 13.9. The quantitative estimate of drug-likeness (QED) is 0.881. The SMILES string of the molecule is CCC(C)NC(=O)c1cnc(-c2ccncc2)nc1N. The first-order valence-electron chi connectivity index (χ1n) is 6.45. The first-order valence-corrected chi connectivity index (χ1v) is 6.45. The van der Waals surface area contributed by atoms with Gasteiger partial charge in [-0.05, 0) is 25.5 Å². The van der Waals surface area contributed by atoms with Crippen molar-refractivity contribution in [1.82, 2.24) is 20.3 Å². The molecule has 2 rings (SSSR count). The van der Waals surface area contributed by atoms with Gasteiger partial charge in [0, 0.05) is 30.2 Å². The van der Waals surface area contributed by atoms with Crippen molar-refractivity contribution in [1.29, 1.82) is 0 Å². The highest BCUT2D eigenvalue weighted by Crippen LogP contribution is 2.16. The number of pyridine rings is 1. The third kappa shape index (κ3) is 3.09. The minimum atomic E-state index is -0.252. The Morgan fingerprint density at radius 1 is 1.40 bits per heavy atom. The van der Waals surface area contributed by atoms with Gasteiger partial charge in [-0.25, -0.2) is 9.97 Å². The molecule has 6 heteroatoms. The van der Waals surface area contributed by atoms with E-state index in [9.17, 15) is 4.79 Å². The van der Waals surface area contributed by atoms with Gasteiger partial charge in [0.15, 0.2) is 5.82 Å². The normalized spacial score (nSPS) is 11.9. The van der Waals surface area contributed by atoms with Crippen molar-refractivity contribution >= 4 is 11.7 Å². The number of carbonyl (C=O) groups excluding carboxylic acids is 1. The van der Waals surface area contributed by atoms with Gasteiger partial charge < -0.3 is 11.1 Å². The molecule has 0 aliphatic heterocycles. The lowest BCUT2D eigenvalue weighted by Crippen LogP contribution is -2.32. The average Bonchev–Trinajstić information content (AvgIpc) is 2.47. The maximum atomic E-state index is 12.0. The summed E-state index contributed by atoms with van der Waals surface area (Å²) in [6.45, 7) is 3.93. The maximum Gasteiger partial charge on any atom is 0.256 e. The van der Waals surface area contributed by atoms with Crippen molar-refractivity contribution in [3.8, 4) is 11.4 Å². The van der Waals surface area contributed by atoms with Crippen LogP contribution >= 0.6 is 0 Å². The third-order valence-electron chi connectivity index (χ3n) is 2.99. The summed E-state index contributed by atoms with van der Waals surface area (Å²) in [5.74, 6) is 0.399. The van der Waals surface area contributed by atoms with E-state index < -0.39 is 0 Å². The van der Waals surface area contributed by atoms with Crippen LogP contribution in [0.2, 0.25) is 0 Å². The number of aromatic nitrogens is 3. The summed E-state index contributed by atoms with van der Waals surface area (Å²) in [6.07, 6.45) is 5.61. The van der Waals surface area contributed by atoms with Gasteiger partial charge in [0.1, 0.15) is 5.82 Å². The molecule has 0 radical (unpaired) electrons. The summed E-state index contributed by atoms with van der Waals surface area (Å²) in [4.78, 5) is 24.3. The van der Waals surface area contributed by atoms with Crippen molar-refractivity contribution in [2.75, 3.05) is 5.73 Å². The number of nitrogens with zero attached hydrogens (tertiary/aromatic N) is 3. The molecule has 0 saturated heterocycles. The van der Waals surface area contributed by atoms with Gasteiger partial charge >= 0.3 is 0 Å². The zero-order valence-electron chi connectivity index (χ0n) is 11.5. The van der Waals surface area contributed by atoms with E-state index in [1.807, 2.05) is 13.8 Å². The second-order valence-electron chi connectivity index (χ2n) is 4.51. The number of hydrogen-bond acceptors (Lipinski definition) is 5. The van der Waals surface area contributed by atoms with Crippen LogP contribution in [0.3, 0.4) is 0 Å². The van der Waals surface area contributed by atoms with E-state index in [4.69, 9.17) is 5.73 Å². The summed E-state index contributed by atoms with van der Waals surface area (Å²) >= 11 is 0. The van der Waals surface area contributed by atoms with Gasteiger partial charge in [0.05, 0.1) is 5.56 Å². The Bertz CT molecular complexity index is 600. The molecule has 0 aliphatic carbocycles. The molecule has 0 fully saturated rings. The fraction of sp³-hybridized carbons (Fsp3) is 0.286. The van der Waals surface area contributed by atoms with Gasteiger partial charge in [0.25, 0.3) is 5.91 Å². The van der Waals surface area contributed by atoms with E-state index in [1.54, 1.807) is 24.5 Å². The van der Waals surface area contributed by atoms with E-state index in [0.717, 1.165) is 12.0 Å². The lowest BCUT2D eigenvalue weighted by molar-refractivity contribution is 0.0939. The second kappa shape index (κ2) is 6.10. The monoisotopic (exact) mass is 271 g/mol. The minimum Gasteiger partial charge on any atom is -0.383 e. The van der Waals surface area contributed by atoms with E-state index in [0.29, 0.717) is 11.4 Å². The van der Waals surface area contributed by atoms with Crippen LogP contribution in [0.15, 0.2) is 30.7 Å². The number of anilines is 1. The Labute approximate surface area is 117 Å². The van der Waals surface area contributed by atoms with Crippen molar-refractivity contribution < 1.29 is 4.79 Å². The van der Waals surface area contributed by atoms with E-state index >= 15 is 0 Å². The van der Waals surface area contributed by atoms with Crippen LogP contribution in [0.4, 0.5) is 5.82 Å². The first-order chi connectivity index (χ1) is 9.61. The molecule has 2 heterocycles. The molecule has 0 spiro atoms. The predicted molar refractivity (Wildman–Crippen MR) is 76.9 cm³/mol. The number of nitrogens with one attached hydrogen (secondary N) is 1. The molecule has 2 aromatic rings. The van der Waals surface area contributed by atoms with Crippen LogP contribution < -0.4 is 11.1 Å². The molecule has 1 atom stereocenters. The third-order valence-corrected chi connectivity index (χ3v) is 2.99. The summed E-state index contributed by atoms with van der Waals surface area (Å²) < 4.78 is 0. The highest BCUT2D eigenvalue weighted by atomic mass is 16.1. The van der Waals surface area contributed by atoms with Gasteiger partial charge in [-0.2, -0.15) is 0 Å². The van der Waals surface area contributed by atoms with Crippen molar-refractivity contribution in [2.45, 2.75) is 26.3 Å². The highest BCUT2D eigenvalue weighted by Gasteiger charge is 2.14. The zero-order chi connectivity index (χ0) is 14.5. The summed E-state index contributed by atoms with van der Waals surface area (Å²) in [6, 6.07) is 3.66. The standard InChI is InChI=1S/C14H17N5O/c1-3-9(2)18-14(20)11-8-17-13(19-12(11)15)10-4-6-16-7-5-10/h4-9H,3H2,1-2H3,(H,18,20)(H2,15,17,19). The summed E-state index contributed by atoms with van der Waals surface area (Å²) in [7, 11) is 0. The van der Waals surface area contributed by atoms with E-state index in [2.05, 4.69) is 20.3 Å². The molecule has 3 N–H and O–H groups in total. The Morgan fingerprint density at radius 3 is 2.70 bits per heavy atom.